The summed E-state index contributed by atoms with van der Waals surface area (Å²) in [6, 6.07) is 0. The predicted molar refractivity (Wildman–Crippen MR) is 55.8 cm³/mol. The van der Waals surface area contributed by atoms with Crippen molar-refractivity contribution in [1.29, 1.82) is 0 Å². The minimum Gasteiger partial charge on any atom is -0.392 e. The molecule has 1 saturated heterocycles. The summed E-state index contributed by atoms with van der Waals surface area (Å²) in [6.07, 6.45) is 3.69. The number of aliphatic hydroxyl groups is 1. The lowest BCUT2D eigenvalue weighted by molar-refractivity contribution is 0.130. The van der Waals surface area contributed by atoms with Gasteiger partial charge in [0.05, 0.1) is 6.10 Å². The van der Waals surface area contributed by atoms with E-state index in [1.54, 1.807) is 0 Å². The van der Waals surface area contributed by atoms with E-state index in [4.69, 9.17) is 0 Å². The molecule has 0 aliphatic carbocycles. The second kappa shape index (κ2) is 4.43. The quantitative estimate of drug-likeness (QED) is 0.723. The Morgan fingerprint density at radius 3 is 2.38 bits per heavy atom. The van der Waals surface area contributed by atoms with Crippen molar-refractivity contribution in [1.82, 2.24) is 4.90 Å². The summed E-state index contributed by atoms with van der Waals surface area (Å²) in [6.45, 7) is 9.65. The molecule has 0 spiro atoms. The summed E-state index contributed by atoms with van der Waals surface area (Å²) >= 11 is 0. The van der Waals surface area contributed by atoms with Crippen LogP contribution in [-0.4, -0.2) is 35.7 Å². The molecular formula is C11H23NO. The van der Waals surface area contributed by atoms with E-state index < -0.39 is 0 Å². The highest BCUT2D eigenvalue weighted by molar-refractivity contribution is 4.88. The zero-order valence-corrected chi connectivity index (χ0v) is 9.21. The first-order valence-corrected chi connectivity index (χ1v) is 5.52. The van der Waals surface area contributed by atoms with Crippen molar-refractivity contribution in [3.63, 3.8) is 0 Å². The lowest BCUT2D eigenvalue weighted by atomic mass is 9.82. The van der Waals surface area contributed by atoms with Crippen molar-refractivity contribution in [2.75, 3.05) is 19.6 Å². The third-order valence-electron chi connectivity index (χ3n) is 3.54. The Morgan fingerprint density at radius 2 is 2.00 bits per heavy atom. The highest BCUT2D eigenvalue weighted by Gasteiger charge is 2.34. The number of hydrogen-bond donors (Lipinski definition) is 1. The highest BCUT2D eigenvalue weighted by Crippen LogP contribution is 2.36. The molecule has 1 unspecified atom stereocenters. The van der Waals surface area contributed by atoms with E-state index in [0.717, 1.165) is 6.54 Å². The Hall–Kier alpha value is -0.0800. The molecule has 78 valence electrons. The van der Waals surface area contributed by atoms with Gasteiger partial charge in [-0.25, -0.2) is 0 Å². The van der Waals surface area contributed by atoms with Crippen molar-refractivity contribution in [3.05, 3.63) is 0 Å². The van der Waals surface area contributed by atoms with Crippen molar-refractivity contribution >= 4 is 0 Å². The van der Waals surface area contributed by atoms with Gasteiger partial charge in [-0.1, -0.05) is 13.8 Å². The van der Waals surface area contributed by atoms with E-state index in [-0.39, 0.29) is 6.10 Å². The zero-order chi connectivity index (χ0) is 9.90. The van der Waals surface area contributed by atoms with E-state index in [1.807, 2.05) is 6.92 Å². The second-order valence-electron chi connectivity index (χ2n) is 4.54. The van der Waals surface area contributed by atoms with Crippen molar-refractivity contribution in [2.24, 2.45) is 5.41 Å². The smallest absolute Gasteiger partial charge is 0.0639 e. The van der Waals surface area contributed by atoms with Gasteiger partial charge in [-0.3, -0.25) is 0 Å². The largest absolute Gasteiger partial charge is 0.392 e. The Morgan fingerprint density at radius 1 is 1.38 bits per heavy atom. The summed E-state index contributed by atoms with van der Waals surface area (Å²) in [7, 11) is 0. The summed E-state index contributed by atoms with van der Waals surface area (Å²) < 4.78 is 0. The molecule has 1 aliphatic rings. The van der Waals surface area contributed by atoms with Gasteiger partial charge in [0.25, 0.3) is 0 Å². The van der Waals surface area contributed by atoms with Crippen LogP contribution < -0.4 is 0 Å². The maximum absolute atomic E-state index is 9.29. The fraction of sp³-hybridized carbons (Fsp3) is 1.00. The van der Waals surface area contributed by atoms with Gasteiger partial charge in [-0.15, -0.1) is 0 Å². The summed E-state index contributed by atoms with van der Waals surface area (Å²) in [4.78, 5) is 2.40. The van der Waals surface area contributed by atoms with Gasteiger partial charge in [-0.05, 0) is 38.1 Å². The first kappa shape index (κ1) is 11.0. The third-order valence-corrected chi connectivity index (χ3v) is 3.54. The molecule has 0 aromatic heterocycles. The fourth-order valence-electron chi connectivity index (χ4n) is 2.38. The minimum atomic E-state index is -0.176. The van der Waals surface area contributed by atoms with E-state index >= 15 is 0 Å². The van der Waals surface area contributed by atoms with Crippen LogP contribution in [0.1, 0.15) is 40.0 Å². The molecule has 2 heteroatoms. The molecule has 1 heterocycles. The number of β-amino-alcohol motifs (C(OH)–C–C–N with tert-alkyl or cyclic N) is 1. The van der Waals surface area contributed by atoms with Crippen LogP contribution >= 0.6 is 0 Å². The molecule has 0 saturated carbocycles. The summed E-state index contributed by atoms with van der Waals surface area (Å²) in [5.74, 6) is 0. The molecule has 0 radical (unpaired) electrons. The minimum absolute atomic E-state index is 0.176. The lowest BCUT2D eigenvalue weighted by Gasteiger charge is -2.26. The van der Waals surface area contributed by atoms with Crippen molar-refractivity contribution in [2.45, 2.75) is 46.1 Å². The molecule has 0 bridgehead atoms. The monoisotopic (exact) mass is 185 g/mol. The summed E-state index contributed by atoms with van der Waals surface area (Å²) in [5, 5.41) is 9.29. The van der Waals surface area contributed by atoms with Crippen LogP contribution in [0.15, 0.2) is 0 Å². The number of hydrogen-bond acceptors (Lipinski definition) is 2. The normalized spacial score (nSPS) is 24.9. The van der Waals surface area contributed by atoms with Crippen LogP contribution in [0.2, 0.25) is 0 Å². The Labute approximate surface area is 81.9 Å². The van der Waals surface area contributed by atoms with Gasteiger partial charge < -0.3 is 10.0 Å². The molecule has 1 aliphatic heterocycles. The van der Waals surface area contributed by atoms with Crippen LogP contribution in [-0.2, 0) is 0 Å². The SMILES string of the molecule is CCC1(CC)CCN(CC(C)O)C1. The van der Waals surface area contributed by atoms with Crippen LogP contribution in [0.5, 0.6) is 0 Å². The van der Waals surface area contributed by atoms with Crippen LogP contribution in [0.3, 0.4) is 0 Å². The topological polar surface area (TPSA) is 23.5 Å². The maximum atomic E-state index is 9.29. The van der Waals surface area contributed by atoms with E-state index in [0.29, 0.717) is 5.41 Å². The van der Waals surface area contributed by atoms with E-state index in [1.165, 1.54) is 32.4 Å². The lowest BCUT2D eigenvalue weighted by Crippen LogP contribution is -2.31. The fourth-order valence-corrected chi connectivity index (χ4v) is 2.38. The molecule has 2 nitrogen and oxygen atoms in total. The molecule has 13 heavy (non-hydrogen) atoms. The van der Waals surface area contributed by atoms with Crippen LogP contribution in [0.25, 0.3) is 0 Å². The number of likely N-dealkylation sites (tertiary alicyclic amines) is 1. The van der Waals surface area contributed by atoms with E-state index in [9.17, 15) is 5.11 Å². The maximum Gasteiger partial charge on any atom is 0.0639 e. The molecule has 0 aromatic rings. The standard InChI is InChI=1S/C11H23NO/c1-4-11(5-2)6-7-12(9-11)8-10(3)13/h10,13H,4-9H2,1-3H3. The highest BCUT2D eigenvalue weighted by atomic mass is 16.3. The van der Waals surface area contributed by atoms with Crippen LogP contribution in [0.4, 0.5) is 0 Å². The number of aliphatic hydroxyl groups excluding tert-OH is 1. The van der Waals surface area contributed by atoms with Gasteiger partial charge in [0.2, 0.25) is 0 Å². The van der Waals surface area contributed by atoms with E-state index in [2.05, 4.69) is 18.7 Å². The third kappa shape index (κ3) is 2.68. The molecule has 1 rings (SSSR count). The first-order chi connectivity index (χ1) is 6.12. The molecule has 0 aromatic carbocycles. The average Bonchev–Trinajstić information content (AvgIpc) is 2.48. The number of nitrogens with zero attached hydrogens (tertiary/aromatic N) is 1. The van der Waals surface area contributed by atoms with Gasteiger partial charge in [0, 0.05) is 13.1 Å². The van der Waals surface area contributed by atoms with Gasteiger partial charge in [-0.2, -0.15) is 0 Å². The Balaban J connectivity index is 2.42. The van der Waals surface area contributed by atoms with Gasteiger partial charge >= 0.3 is 0 Å². The van der Waals surface area contributed by atoms with Gasteiger partial charge in [0.1, 0.15) is 0 Å². The van der Waals surface area contributed by atoms with Crippen molar-refractivity contribution < 1.29 is 5.11 Å². The van der Waals surface area contributed by atoms with Crippen LogP contribution in [0, 0.1) is 5.41 Å². The number of rotatable bonds is 4. The predicted octanol–water partition coefficient (Wildman–Crippen LogP) is 1.88. The average molecular weight is 185 g/mol. The second-order valence-corrected chi connectivity index (χ2v) is 4.54. The molecular weight excluding hydrogens is 162 g/mol. The molecule has 1 N–H and O–H groups in total. The molecule has 1 atom stereocenters. The summed E-state index contributed by atoms with van der Waals surface area (Å²) in [5.41, 5.74) is 0.550. The Kier molecular flexibility index (Phi) is 3.74. The Bertz CT molecular complexity index is 152. The van der Waals surface area contributed by atoms with Crippen molar-refractivity contribution in [3.8, 4) is 0 Å². The first-order valence-electron chi connectivity index (χ1n) is 5.52. The molecule has 0 amide bonds. The zero-order valence-electron chi connectivity index (χ0n) is 9.21. The molecule has 1 fully saturated rings. The van der Waals surface area contributed by atoms with Gasteiger partial charge in [0.15, 0.2) is 0 Å².